The quantitative estimate of drug-likeness (QED) is 0.343. The number of aryl methyl sites for hydroxylation is 2. The smallest absolute Gasteiger partial charge is 0.202 e. The molecule has 0 atom stereocenters. The Hall–Kier alpha value is -3.11. The van der Waals surface area contributed by atoms with E-state index in [9.17, 15) is 0 Å². The molecule has 0 bridgehead atoms. The summed E-state index contributed by atoms with van der Waals surface area (Å²) in [5.74, 6) is 0. The first kappa shape index (κ1) is 12.6. The zero-order valence-corrected chi connectivity index (χ0v) is 12.4. The van der Waals surface area contributed by atoms with Crippen molar-refractivity contribution in [3.63, 3.8) is 0 Å². The maximum absolute atomic E-state index is 7.29. The van der Waals surface area contributed by atoms with Gasteiger partial charge in [-0.25, -0.2) is 0 Å². The van der Waals surface area contributed by atoms with E-state index in [4.69, 9.17) is 13.1 Å². The Balaban J connectivity index is 2.09. The predicted octanol–water partition coefficient (Wildman–Crippen LogP) is 4.00. The van der Waals surface area contributed by atoms with Crippen LogP contribution in [0.4, 0.5) is 11.4 Å². The highest BCUT2D eigenvalue weighted by molar-refractivity contribution is 5.91. The van der Waals surface area contributed by atoms with E-state index in [1.54, 1.807) is 0 Å². The van der Waals surface area contributed by atoms with E-state index in [2.05, 4.69) is 51.2 Å². The van der Waals surface area contributed by atoms with Crippen molar-refractivity contribution in [1.29, 1.82) is 0 Å². The Morgan fingerprint density at radius 2 is 1.77 bits per heavy atom. The predicted molar refractivity (Wildman–Crippen MR) is 84.6 cm³/mol. The molecule has 0 amide bonds. The Morgan fingerprint density at radius 1 is 1.05 bits per heavy atom. The molecule has 0 aliphatic carbocycles. The number of benzene rings is 2. The van der Waals surface area contributed by atoms with Crippen LogP contribution in [-0.4, -0.2) is 4.68 Å². The summed E-state index contributed by atoms with van der Waals surface area (Å²) in [6, 6.07) is 8.04. The molecule has 104 valence electrons. The van der Waals surface area contributed by atoms with Crippen molar-refractivity contribution >= 4 is 22.3 Å². The summed E-state index contributed by atoms with van der Waals surface area (Å²) in [5.41, 5.74) is 6.86. The summed E-state index contributed by atoms with van der Waals surface area (Å²) in [4.78, 5) is 6.97. The molecule has 1 aliphatic heterocycles. The Bertz CT molecular complexity index is 1040. The minimum absolute atomic E-state index is 0.418. The maximum Gasteiger partial charge on any atom is 0.202 e. The van der Waals surface area contributed by atoms with E-state index in [-0.39, 0.29) is 0 Å². The van der Waals surface area contributed by atoms with Crippen molar-refractivity contribution in [1.82, 2.24) is 4.68 Å². The van der Waals surface area contributed by atoms with E-state index in [1.165, 1.54) is 22.4 Å². The molecule has 0 unspecified atom stereocenters. The van der Waals surface area contributed by atoms with E-state index in [1.807, 2.05) is 12.1 Å². The molecule has 0 N–H and O–H groups in total. The summed E-state index contributed by atoms with van der Waals surface area (Å²) in [6.07, 6.45) is 2.06. The zero-order valence-electron chi connectivity index (χ0n) is 12.4. The first-order chi connectivity index (χ1) is 10.6. The van der Waals surface area contributed by atoms with E-state index in [0.29, 0.717) is 11.4 Å². The van der Waals surface area contributed by atoms with Crippen molar-refractivity contribution in [2.75, 3.05) is 0 Å². The number of hydrogen-bond acceptors (Lipinski definition) is 0. The van der Waals surface area contributed by atoms with Gasteiger partial charge in [-0.15, -0.1) is 9.36 Å². The average molecular weight is 285 g/mol. The number of nitrogens with zero attached hydrogens (tertiary/aromatic N) is 4. The van der Waals surface area contributed by atoms with E-state index in [0.717, 1.165) is 17.4 Å². The lowest BCUT2D eigenvalue weighted by atomic mass is 10.0. The van der Waals surface area contributed by atoms with Crippen LogP contribution in [0.15, 0.2) is 30.5 Å². The van der Waals surface area contributed by atoms with Gasteiger partial charge in [0.15, 0.2) is 17.9 Å². The van der Waals surface area contributed by atoms with Gasteiger partial charge in [-0.1, -0.05) is 12.1 Å². The molecule has 1 aromatic heterocycles. The second kappa shape index (κ2) is 4.19. The van der Waals surface area contributed by atoms with Crippen LogP contribution in [0.1, 0.15) is 16.7 Å². The molecule has 1 aliphatic rings. The molecule has 0 fully saturated rings. The van der Waals surface area contributed by atoms with Crippen molar-refractivity contribution in [2.24, 2.45) is 0 Å². The number of fused-ring (bicyclic) bond motifs is 5. The maximum atomic E-state index is 7.29. The van der Waals surface area contributed by atoms with Crippen LogP contribution in [0.25, 0.3) is 26.3 Å². The third-order valence-corrected chi connectivity index (χ3v) is 4.28. The van der Waals surface area contributed by atoms with Gasteiger partial charge in [0.25, 0.3) is 0 Å². The van der Waals surface area contributed by atoms with Gasteiger partial charge in [-0.2, -0.15) is 0 Å². The summed E-state index contributed by atoms with van der Waals surface area (Å²) < 4.78 is 4.32. The molecule has 3 aromatic rings. The zero-order chi connectivity index (χ0) is 15.4. The highest BCUT2D eigenvalue weighted by Crippen LogP contribution is 2.35. The largest absolute Gasteiger partial charge is 0.250 e. The number of hydrogen-bond donors (Lipinski definition) is 0. The minimum Gasteiger partial charge on any atom is -0.250 e. The average Bonchev–Trinajstić information content (AvgIpc) is 3.01. The lowest BCUT2D eigenvalue weighted by Crippen LogP contribution is -2.36. The second-order valence-electron chi connectivity index (χ2n) is 5.74. The van der Waals surface area contributed by atoms with E-state index >= 15 is 0 Å². The Labute approximate surface area is 128 Å². The Kier molecular flexibility index (Phi) is 2.40. The Morgan fingerprint density at radius 3 is 2.50 bits per heavy atom. The van der Waals surface area contributed by atoms with Gasteiger partial charge in [0.2, 0.25) is 6.20 Å². The van der Waals surface area contributed by atoms with Crippen molar-refractivity contribution in [2.45, 2.75) is 20.4 Å². The van der Waals surface area contributed by atoms with Crippen LogP contribution in [0, 0.1) is 27.0 Å². The molecule has 0 radical (unpaired) electrons. The van der Waals surface area contributed by atoms with Gasteiger partial charge in [0, 0.05) is 0 Å². The molecule has 0 saturated heterocycles. The standard InChI is InChI=1S/C18H13N4/c1-11-5-12(2)14-10-21-9-13-7-15(19-3)16(20-4)8-17(13)22(21)18(14)6-11/h5-9H,10H2,1-2H3/q+1. The molecular formula is C18H13N4+. The third-order valence-electron chi connectivity index (χ3n) is 4.28. The summed E-state index contributed by atoms with van der Waals surface area (Å²) in [7, 11) is 0. The first-order valence-corrected chi connectivity index (χ1v) is 7.07. The van der Waals surface area contributed by atoms with Gasteiger partial charge in [-0.05, 0) is 37.1 Å². The summed E-state index contributed by atoms with van der Waals surface area (Å²) in [5, 5.41) is 1.00. The lowest BCUT2D eigenvalue weighted by Gasteiger charge is -2.04. The topological polar surface area (TPSA) is 17.5 Å². The van der Waals surface area contributed by atoms with Gasteiger partial charge in [-0.3, -0.25) is 9.69 Å². The molecule has 2 aromatic carbocycles. The van der Waals surface area contributed by atoms with Gasteiger partial charge in [0.05, 0.1) is 24.1 Å². The SMILES string of the molecule is [C-]#[N+]c1cc2c[n+]3n(c2cc1[N+]#[C-])-c1cc(C)cc(C)c1C3. The molecule has 2 heterocycles. The van der Waals surface area contributed by atoms with Crippen molar-refractivity contribution < 1.29 is 4.68 Å². The summed E-state index contributed by atoms with van der Waals surface area (Å²) in [6.45, 7) is 19.6. The molecule has 4 rings (SSSR count). The lowest BCUT2D eigenvalue weighted by molar-refractivity contribution is -0.749. The van der Waals surface area contributed by atoms with E-state index < -0.39 is 0 Å². The van der Waals surface area contributed by atoms with Crippen molar-refractivity contribution in [3.05, 3.63) is 70.0 Å². The monoisotopic (exact) mass is 285 g/mol. The molecule has 4 heteroatoms. The van der Waals surface area contributed by atoms with Crippen LogP contribution in [0.3, 0.4) is 0 Å². The second-order valence-corrected chi connectivity index (χ2v) is 5.74. The van der Waals surface area contributed by atoms with Crippen LogP contribution in [0.2, 0.25) is 0 Å². The van der Waals surface area contributed by atoms with Gasteiger partial charge < -0.3 is 0 Å². The number of aromatic nitrogens is 2. The molecule has 0 spiro atoms. The molecule has 4 nitrogen and oxygen atoms in total. The minimum atomic E-state index is 0.418. The molecule has 22 heavy (non-hydrogen) atoms. The van der Waals surface area contributed by atoms with Crippen LogP contribution < -0.4 is 4.68 Å². The fraction of sp³-hybridized carbons (Fsp3) is 0.167. The number of rotatable bonds is 0. The van der Waals surface area contributed by atoms with Crippen LogP contribution in [0.5, 0.6) is 0 Å². The fourth-order valence-electron chi connectivity index (χ4n) is 3.32. The highest BCUT2D eigenvalue weighted by atomic mass is 15.4. The van der Waals surface area contributed by atoms with Crippen LogP contribution >= 0.6 is 0 Å². The molecular weight excluding hydrogens is 272 g/mol. The highest BCUT2D eigenvalue weighted by Gasteiger charge is 2.30. The fourth-order valence-corrected chi connectivity index (χ4v) is 3.32. The van der Waals surface area contributed by atoms with Crippen LogP contribution in [-0.2, 0) is 6.54 Å². The third kappa shape index (κ3) is 1.52. The van der Waals surface area contributed by atoms with Gasteiger partial charge in [0.1, 0.15) is 11.2 Å². The normalized spacial score (nSPS) is 11.8. The first-order valence-electron chi connectivity index (χ1n) is 7.07. The summed E-state index contributed by atoms with van der Waals surface area (Å²) >= 11 is 0. The van der Waals surface area contributed by atoms with Crippen molar-refractivity contribution in [3.8, 4) is 5.69 Å². The molecule has 0 saturated carbocycles. The van der Waals surface area contributed by atoms with Gasteiger partial charge >= 0.3 is 0 Å².